The molecule has 68 valence electrons. The molecule has 0 aromatic heterocycles. The molecule has 0 fully saturated rings. The summed E-state index contributed by atoms with van der Waals surface area (Å²) < 4.78 is 12.8. The van der Waals surface area contributed by atoms with Crippen LogP contribution in [0.2, 0.25) is 0 Å². The molecule has 1 atom stereocenters. The van der Waals surface area contributed by atoms with Gasteiger partial charge in [-0.1, -0.05) is 34.1 Å². The van der Waals surface area contributed by atoms with Crippen LogP contribution in [0.5, 0.6) is 0 Å². The van der Waals surface area contributed by atoms with E-state index >= 15 is 0 Å². The molecular formula is C10H21F. The first-order chi connectivity index (χ1) is 5.02. The third-order valence-electron chi connectivity index (χ3n) is 2.53. The molecule has 0 radical (unpaired) electrons. The minimum Gasteiger partial charge on any atom is -0.248 e. The number of rotatable bonds is 5. The van der Waals surface area contributed by atoms with Crippen molar-refractivity contribution in [2.24, 2.45) is 5.41 Å². The number of alkyl halides is 1. The highest BCUT2D eigenvalue weighted by molar-refractivity contribution is 4.68. The van der Waals surface area contributed by atoms with E-state index in [0.717, 1.165) is 19.3 Å². The van der Waals surface area contributed by atoms with Crippen molar-refractivity contribution in [1.29, 1.82) is 0 Å². The highest BCUT2D eigenvalue weighted by atomic mass is 19.1. The zero-order valence-electron chi connectivity index (χ0n) is 8.28. The summed E-state index contributed by atoms with van der Waals surface area (Å²) in [5.41, 5.74) is 0.333. The van der Waals surface area contributed by atoms with Gasteiger partial charge in [-0.15, -0.1) is 0 Å². The van der Waals surface area contributed by atoms with E-state index < -0.39 is 6.17 Å². The maximum atomic E-state index is 12.8. The van der Waals surface area contributed by atoms with E-state index in [4.69, 9.17) is 0 Å². The molecule has 0 spiro atoms. The summed E-state index contributed by atoms with van der Waals surface area (Å²) in [5.74, 6) is 0. The van der Waals surface area contributed by atoms with Crippen LogP contribution in [0.25, 0.3) is 0 Å². The van der Waals surface area contributed by atoms with Crippen LogP contribution in [-0.2, 0) is 0 Å². The second-order valence-corrected chi connectivity index (χ2v) is 4.06. The fourth-order valence-electron chi connectivity index (χ4n) is 0.928. The molecular weight excluding hydrogens is 139 g/mol. The van der Waals surface area contributed by atoms with Crippen LogP contribution in [0, 0.1) is 5.41 Å². The second-order valence-electron chi connectivity index (χ2n) is 4.06. The Kier molecular flexibility index (Phi) is 4.71. The van der Waals surface area contributed by atoms with Gasteiger partial charge in [0.25, 0.3) is 0 Å². The summed E-state index contributed by atoms with van der Waals surface area (Å²) >= 11 is 0. The predicted molar refractivity (Wildman–Crippen MR) is 48.5 cm³/mol. The van der Waals surface area contributed by atoms with Gasteiger partial charge in [-0.3, -0.25) is 0 Å². The molecule has 0 saturated carbocycles. The van der Waals surface area contributed by atoms with Crippen molar-refractivity contribution in [3.63, 3.8) is 0 Å². The van der Waals surface area contributed by atoms with Crippen LogP contribution in [0.3, 0.4) is 0 Å². The predicted octanol–water partition coefficient (Wildman–Crippen LogP) is 3.95. The maximum Gasteiger partial charge on any atom is 0.0999 e. The van der Waals surface area contributed by atoms with E-state index in [-0.39, 0.29) is 0 Å². The first-order valence-corrected chi connectivity index (χ1v) is 4.66. The van der Waals surface area contributed by atoms with Crippen molar-refractivity contribution >= 4 is 0 Å². The van der Waals surface area contributed by atoms with E-state index in [1.807, 2.05) is 6.92 Å². The van der Waals surface area contributed by atoms with Crippen LogP contribution in [0.15, 0.2) is 0 Å². The van der Waals surface area contributed by atoms with Gasteiger partial charge in [0, 0.05) is 0 Å². The van der Waals surface area contributed by atoms with Crippen molar-refractivity contribution in [3.05, 3.63) is 0 Å². The van der Waals surface area contributed by atoms with Crippen molar-refractivity contribution in [2.45, 2.75) is 59.5 Å². The second kappa shape index (κ2) is 4.74. The van der Waals surface area contributed by atoms with Crippen LogP contribution in [-0.4, -0.2) is 6.17 Å². The molecule has 0 aliphatic rings. The SMILES string of the molecule is CCC(F)CCC(C)(C)CC. The normalized spacial score (nSPS) is 15.0. The van der Waals surface area contributed by atoms with Gasteiger partial charge in [0.15, 0.2) is 0 Å². The first kappa shape index (κ1) is 10.9. The van der Waals surface area contributed by atoms with Crippen LogP contribution < -0.4 is 0 Å². The summed E-state index contributed by atoms with van der Waals surface area (Å²) in [5, 5.41) is 0. The summed E-state index contributed by atoms with van der Waals surface area (Å²) in [4.78, 5) is 0. The van der Waals surface area contributed by atoms with Gasteiger partial charge in [-0.2, -0.15) is 0 Å². The summed E-state index contributed by atoms with van der Waals surface area (Å²) in [6.07, 6.45) is 2.97. The number of halogens is 1. The average molecular weight is 160 g/mol. The lowest BCUT2D eigenvalue weighted by Crippen LogP contribution is -2.12. The monoisotopic (exact) mass is 160 g/mol. The van der Waals surface area contributed by atoms with Crippen molar-refractivity contribution in [1.82, 2.24) is 0 Å². The van der Waals surface area contributed by atoms with Gasteiger partial charge < -0.3 is 0 Å². The van der Waals surface area contributed by atoms with E-state index in [1.165, 1.54) is 0 Å². The lowest BCUT2D eigenvalue weighted by molar-refractivity contribution is 0.235. The van der Waals surface area contributed by atoms with Crippen molar-refractivity contribution < 1.29 is 4.39 Å². The minimum atomic E-state index is -0.583. The highest BCUT2D eigenvalue weighted by Crippen LogP contribution is 2.27. The van der Waals surface area contributed by atoms with Gasteiger partial charge >= 0.3 is 0 Å². The number of hydrogen-bond acceptors (Lipinski definition) is 0. The fraction of sp³-hybridized carbons (Fsp3) is 1.00. The molecule has 0 aliphatic heterocycles. The van der Waals surface area contributed by atoms with Gasteiger partial charge in [-0.05, 0) is 24.7 Å². The molecule has 0 aromatic carbocycles. The number of hydrogen-bond donors (Lipinski definition) is 0. The third-order valence-corrected chi connectivity index (χ3v) is 2.53. The molecule has 0 saturated heterocycles. The fourth-order valence-corrected chi connectivity index (χ4v) is 0.928. The molecule has 1 heteroatoms. The largest absolute Gasteiger partial charge is 0.248 e. The van der Waals surface area contributed by atoms with E-state index in [0.29, 0.717) is 11.8 Å². The Bertz CT molecular complexity index is 97.0. The van der Waals surface area contributed by atoms with E-state index in [9.17, 15) is 4.39 Å². The van der Waals surface area contributed by atoms with Gasteiger partial charge in [0.1, 0.15) is 0 Å². The topological polar surface area (TPSA) is 0 Å². The third kappa shape index (κ3) is 5.23. The highest BCUT2D eigenvalue weighted by Gasteiger charge is 2.16. The maximum absolute atomic E-state index is 12.8. The zero-order valence-corrected chi connectivity index (χ0v) is 8.28. The molecule has 0 N–H and O–H groups in total. The zero-order chi connectivity index (χ0) is 8.91. The van der Waals surface area contributed by atoms with Crippen molar-refractivity contribution in [3.8, 4) is 0 Å². The lowest BCUT2D eigenvalue weighted by Gasteiger charge is -2.22. The minimum absolute atomic E-state index is 0.333. The molecule has 0 heterocycles. The van der Waals surface area contributed by atoms with E-state index in [2.05, 4.69) is 20.8 Å². The summed E-state index contributed by atoms with van der Waals surface area (Å²) in [6.45, 7) is 8.48. The quantitative estimate of drug-likeness (QED) is 0.571. The van der Waals surface area contributed by atoms with Crippen LogP contribution in [0.1, 0.15) is 53.4 Å². The Morgan fingerprint density at radius 2 is 1.82 bits per heavy atom. The Labute approximate surface area is 70.2 Å². The Morgan fingerprint density at radius 1 is 1.27 bits per heavy atom. The van der Waals surface area contributed by atoms with Crippen LogP contribution in [0.4, 0.5) is 4.39 Å². The molecule has 0 bridgehead atoms. The molecule has 0 aliphatic carbocycles. The molecule has 11 heavy (non-hydrogen) atoms. The first-order valence-electron chi connectivity index (χ1n) is 4.66. The summed E-state index contributed by atoms with van der Waals surface area (Å²) in [6, 6.07) is 0. The van der Waals surface area contributed by atoms with Crippen molar-refractivity contribution in [2.75, 3.05) is 0 Å². The average Bonchev–Trinajstić information content (AvgIpc) is 2.00. The Morgan fingerprint density at radius 3 is 2.18 bits per heavy atom. The smallest absolute Gasteiger partial charge is 0.0999 e. The molecule has 0 nitrogen and oxygen atoms in total. The standard InChI is InChI=1S/C10H21F/c1-5-9(11)7-8-10(3,4)6-2/h9H,5-8H2,1-4H3. The van der Waals surface area contributed by atoms with Gasteiger partial charge in [0.05, 0.1) is 6.17 Å². The molecule has 0 aromatic rings. The van der Waals surface area contributed by atoms with Gasteiger partial charge in [0.2, 0.25) is 0 Å². The Balaban J connectivity index is 3.52. The Hall–Kier alpha value is -0.0700. The summed E-state index contributed by atoms with van der Waals surface area (Å²) in [7, 11) is 0. The molecule has 0 rings (SSSR count). The molecule has 0 amide bonds. The van der Waals surface area contributed by atoms with E-state index in [1.54, 1.807) is 0 Å². The molecule has 1 unspecified atom stereocenters. The lowest BCUT2D eigenvalue weighted by atomic mass is 9.84. The van der Waals surface area contributed by atoms with Crippen LogP contribution >= 0.6 is 0 Å². The van der Waals surface area contributed by atoms with Gasteiger partial charge in [-0.25, -0.2) is 4.39 Å².